The van der Waals surface area contributed by atoms with Gasteiger partial charge in [-0.1, -0.05) is 41.9 Å². The van der Waals surface area contributed by atoms with E-state index in [0.29, 0.717) is 24.5 Å². The molecule has 1 saturated heterocycles. The largest absolute Gasteiger partial charge is 0.490 e. The number of anilines is 1. The van der Waals surface area contributed by atoms with E-state index in [1.165, 1.54) is 18.2 Å². The van der Waals surface area contributed by atoms with Gasteiger partial charge in [-0.05, 0) is 72.8 Å². The molecule has 206 valence electrons. The van der Waals surface area contributed by atoms with E-state index in [-0.39, 0.29) is 27.8 Å². The predicted octanol–water partition coefficient (Wildman–Crippen LogP) is 5.65. The summed E-state index contributed by atoms with van der Waals surface area (Å²) in [6.45, 7) is 2.01. The Morgan fingerprint density at radius 2 is 1.68 bits per heavy atom. The molecule has 1 aliphatic rings. The van der Waals surface area contributed by atoms with Gasteiger partial charge in [0.15, 0.2) is 0 Å². The Labute approximate surface area is 240 Å². The van der Waals surface area contributed by atoms with Gasteiger partial charge >= 0.3 is 5.97 Å². The number of nitrogens with one attached hydrogen (secondary N) is 1. The van der Waals surface area contributed by atoms with E-state index >= 15 is 0 Å². The van der Waals surface area contributed by atoms with Crippen molar-refractivity contribution in [3.8, 4) is 11.5 Å². The number of esters is 1. The zero-order valence-corrected chi connectivity index (χ0v) is 23.0. The van der Waals surface area contributed by atoms with Crippen molar-refractivity contribution in [3.05, 3.63) is 93.9 Å². The second kappa shape index (κ2) is 13.7. The summed E-state index contributed by atoms with van der Waals surface area (Å²) >= 11 is 6.80. The summed E-state index contributed by atoms with van der Waals surface area (Å²) in [4.78, 5) is 51.1. The molecule has 0 unspecified atom stereocenters. The van der Waals surface area contributed by atoms with Crippen molar-refractivity contribution < 1.29 is 33.4 Å². The van der Waals surface area contributed by atoms with E-state index in [9.17, 15) is 19.2 Å². The Bertz CT molecular complexity index is 1450. The third-order valence-electron chi connectivity index (χ3n) is 5.44. The summed E-state index contributed by atoms with van der Waals surface area (Å²) in [5.41, 5.74) is 1.01. The molecule has 0 radical (unpaired) electrons. The van der Waals surface area contributed by atoms with Crippen LogP contribution in [0.5, 0.6) is 11.5 Å². The highest BCUT2D eigenvalue weighted by atomic mass is 35.5. The molecule has 0 saturated carbocycles. The molecule has 0 aliphatic carbocycles. The Morgan fingerprint density at radius 3 is 2.42 bits per heavy atom. The van der Waals surface area contributed by atoms with Crippen LogP contribution in [-0.4, -0.2) is 54.3 Å². The number of hydrogen-bond acceptors (Lipinski definition) is 8. The molecule has 0 spiro atoms. The summed E-state index contributed by atoms with van der Waals surface area (Å²) in [6.07, 6.45) is 1.57. The van der Waals surface area contributed by atoms with E-state index in [2.05, 4.69) is 5.32 Å². The third kappa shape index (κ3) is 7.64. The normalized spacial score (nSPS) is 13.8. The van der Waals surface area contributed by atoms with Gasteiger partial charge in [-0.2, -0.15) is 0 Å². The Morgan fingerprint density at radius 1 is 0.950 bits per heavy atom. The molecule has 0 aromatic heterocycles. The van der Waals surface area contributed by atoms with Crippen LogP contribution in [0, 0.1) is 0 Å². The molecule has 4 rings (SSSR count). The number of carbonyl (C=O) groups is 4. The lowest BCUT2D eigenvalue weighted by Gasteiger charge is -2.13. The zero-order valence-electron chi connectivity index (χ0n) is 21.4. The number of amides is 3. The van der Waals surface area contributed by atoms with Crippen molar-refractivity contribution in [1.29, 1.82) is 0 Å². The first kappa shape index (κ1) is 28.7. The number of imide groups is 1. The van der Waals surface area contributed by atoms with Crippen molar-refractivity contribution in [2.75, 3.05) is 31.7 Å². The molecule has 3 aromatic rings. The van der Waals surface area contributed by atoms with Gasteiger partial charge in [0.05, 0.1) is 22.1 Å². The van der Waals surface area contributed by atoms with Gasteiger partial charge in [-0.25, -0.2) is 4.79 Å². The lowest BCUT2D eigenvalue weighted by molar-refractivity contribution is -0.127. The number of thioether (sulfide) groups is 1. The summed E-state index contributed by atoms with van der Waals surface area (Å²) in [5.74, 6) is -0.507. The number of rotatable bonds is 11. The second-order valence-corrected chi connectivity index (χ2v) is 9.71. The molecule has 40 heavy (non-hydrogen) atoms. The second-order valence-electron chi connectivity index (χ2n) is 8.31. The molecule has 3 amide bonds. The van der Waals surface area contributed by atoms with E-state index in [1.807, 2.05) is 30.3 Å². The van der Waals surface area contributed by atoms with Gasteiger partial charge in [0.2, 0.25) is 5.91 Å². The maximum Gasteiger partial charge on any atom is 0.339 e. The molecule has 1 fully saturated rings. The molecule has 9 nitrogen and oxygen atoms in total. The minimum Gasteiger partial charge on any atom is -0.490 e. The Kier molecular flexibility index (Phi) is 9.82. The molecular weight excluding hydrogens is 556 g/mol. The summed E-state index contributed by atoms with van der Waals surface area (Å²) in [5, 5.41) is 2.17. The molecule has 3 aromatic carbocycles. The average molecular weight is 581 g/mol. The molecule has 11 heteroatoms. The highest BCUT2D eigenvalue weighted by Gasteiger charge is 2.36. The minimum atomic E-state index is -0.630. The van der Waals surface area contributed by atoms with Crippen molar-refractivity contribution >= 4 is 58.1 Å². The predicted molar refractivity (Wildman–Crippen MR) is 153 cm³/mol. The number of benzene rings is 3. The number of nitrogens with zero attached hydrogens (tertiary/aromatic N) is 1. The van der Waals surface area contributed by atoms with Crippen molar-refractivity contribution in [2.24, 2.45) is 0 Å². The minimum absolute atomic E-state index is 0.0883. The number of carbonyl (C=O) groups excluding carboxylic acids is 4. The van der Waals surface area contributed by atoms with Crippen LogP contribution < -0.4 is 14.8 Å². The van der Waals surface area contributed by atoms with Crippen molar-refractivity contribution in [1.82, 2.24) is 4.90 Å². The smallest absolute Gasteiger partial charge is 0.339 e. The van der Waals surface area contributed by atoms with Crippen molar-refractivity contribution in [2.45, 2.75) is 6.92 Å². The maximum absolute atomic E-state index is 12.9. The van der Waals surface area contributed by atoms with Crippen LogP contribution in [0.25, 0.3) is 6.08 Å². The number of para-hydroxylation sites is 1. The molecule has 1 N–H and O–H groups in total. The van der Waals surface area contributed by atoms with Crippen LogP contribution >= 0.6 is 23.4 Å². The number of ether oxygens (including phenoxy) is 3. The van der Waals surface area contributed by atoms with Crippen LogP contribution in [-0.2, 0) is 14.3 Å². The van der Waals surface area contributed by atoms with Gasteiger partial charge in [-0.15, -0.1) is 0 Å². The van der Waals surface area contributed by atoms with Crippen LogP contribution in [0.4, 0.5) is 10.5 Å². The summed E-state index contributed by atoms with van der Waals surface area (Å²) < 4.78 is 16.3. The lowest BCUT2D eigenvalue weighted by Crippen LogP contribution is -2.36. The highest BCUT2D eigenvalue weighted by molar-refractivity contribution is 8.18. The summed E-state index contributed by atoms with van der Waals surface area (Å²) in [7, 11) is 0. The first-order valence-electron chi connectivity index (χ1n) is 12.3. The van der Waals surface area contributed by atoms with Crippen molar-refractivity contribution in [3.63, 3.8) is 0 Å². The third-order valence-corrected chi connectivity index (χ3v) is 6.68. The van der Waals surface area contributed by atoms with E-state index in [1.54, 1.807) is 37.3 Å². The first-order chi connectivity index (χ1) is 19.3. The zero-order chi connectivity index (χ0) is 28.5. The standard InChI is InChI=1S/C29H25ClN2O7S/c1-2-37-28(35)23-17-20(11-12-24(23)30)31-26(33)18-32-27(34)25(40-29(32)36)16-19-7-6-10-22(15-19)39-14-13-38-21-8-4-3-5-9-21/h3-12,15-17H,2,13-14,18H2,1H3,(H,31,33)/b25-16+. The van der Waals surface area contributed by atoms with Crippen LogP contribution in [0.15, 0.2) is 77.7 Å². The number of halogens is 1. The fourth-order valence-corrected chi connectivity index (χ4v) is 4.66. The van der Waals surface area contributed by atoms with E-state index in [0.717, 1.165) is 22.4 Å². The monoisotopic (exact) mass is 580 g/mol. The fraction of sp³-hybridized carbons (Fsp3) is 0.172. The topological polar surface area (TPSA) is 111 Å². The maximum atomic E-state index is 12.9. The van der Waals surface area contributed by atoms with E-state index in [4.69, 9.17) is 25.8 Å². The average Bonchev–Trinajstić information content (AvgIpc) is 3.20. The van der Waals surface area contributed by atoms with E-state index < -0.39 is 29.6 Å². The molecule has 0 bridgehead atoms. The first-order valence-corrected chi connectivity index (χ1v) is 13.5. The van der Waals surface area contributed by atoms with Crippen LogP contribution in [0.1, 0.15) is 22.8 Å². The molecular formula is C29H25ClN2O7S. The van der Waals surface area contributed by atoms with Gasteiger partial charge < -0.3 is 19.5 Å². The quantitative estimate of drug-likeness (QED) is 0.176. The Balaban J connectivity index is 1.34. The molecule has 1 aliphatic heterocycles. The molecule has 0 atom stereocenters. The van der Waals surface area contributed by atoms with Gasteiger partial charge in [-0.3, -0.25) is 19.3 Å². The van der Waals surface area contributed by atoms with Crippen LogP contribution in [0.2, 0.25) is 5.02 Å². The van der Waals surface area contributed by atoms with Gasteiger partial charge in [0.1, 0.15) is 31.3 Å². The number of hydrogen-bond donors (Lipinski definition) is 1. The van der Waals surface area contributed by atoms with Gasteiger partial charge in [0, 0.05) is 5.69 Å². The van der Waals surface area contributed by atoms with Gasteiger partial charge in [0.25, 0.3) is 11.1 Å². The summed E-state index contributed by atoms with van der Waals surface area (Å²) in [6, 6.07) is 20.8. The highest BCUT2D eigenvalue weighted by Crippen LogP contribution is 2.32. The lowest BCUT2D eigenvalue weighted by atomic mass is 10.2. The SMILES string of the molecule is CCOC(=O)c1cc(NC(=O)CN2C(=O)S/C(=C/c3cccc(OCCOc4ccccc4)c3)C2=O)ccc1Cl. The van der Waals surface area contributed by atoms with Crippen LogP contribution in [0.3, 0.4) is 0 Å². The Hall–Kier alpha value is -4.28. The fourth-order valence-electron chi connectivity index (χ4n) is 3.63. The molecule has 1 heterocycles.